The van der Waals surface area contributed by atoms with Gasteiger partial charge in [0, 0.05) is 16.8 Å². The maximum absolute atomic E-state index is 11.8. The van der Waals surface area contributed by atoms with Crippen molar-refractivity contribution in [1.29, 1.82) is 0 Å². The van der Waals surface area contributed by atoms with Crippen molar-refractivity contribution < 1.29 is 13.2 Å². The van der Waals surface area contributed by atoms with Crippen molar-refractivity contribution in [2.45, 2.75) is 24.2 Å². The molecule has 0 amide bonds. The Morgan fingerprint density at radius 1 is 1.50 bits per heavy atom. The zero-order valence-electron chi connectivity index (χ0n) is 8.73. The second-order valence-electron chi connectivity index (χ2n) is 4.07. The number of carbonyl (C=O) groups is 1. The molecule has 1 atom stereocenters. The van der Waals surface area contributed by atoms with Gasteiger partial charge in [-0.2, -0.15) is 0 Å². The van der Waals surface area contributed by atoms with E-state index in [4.69, 9.17) is 0 Å². The number of rotatable bonds is 2. The van der Waals surface area contributed by atoms with E-state index in [0.29, 0.717) is 11.3 Å². The molecule has 0 spiro atoms. The molecule has 0 radical (unpaired) electrons. The van der Waals surface area contributed by atoms with Gasteiger partial charge < -0.3 is 4.79 Å². The number of Topliss-reactive ketones (excluding diaryl/α,β-unsaturated/α-hetero) is 1. The van der Waals surface area contributed by atoms with E-state index in [1.807, 2.05) is 0 Å². The summed E-state index contributed by atoms with van der Waals surface area (Å²) in [6.07, 6.45) is 0.294. The summed E-state index contributed by atoms with van der Waals surface area (Å²) in [5.74, 6) is -0.110. The summed E-state index contributed by atoms with van der Waals surface area (Å²) in [5.41, 5.74) is 0.768. The summed E-state index contributed by atoms with van der Waals surface area (Å²) >= 11 is 3.32. The zero-order valence-corrected chi connectivity index (χ0v) is 11.1. The van der Waals surface area contributed by atoms with Crippen LogP contribution in [0, 0.1) is 0 Å². The van der Waals surface area contributed by atoms with E-state index in [0.717, 1.165) is 10.0 Å². The average molecular weight is 303 g/mol. The van der Waals surface area contributed by atoms with Gasteiger partial charge in [0.1, 0.15) is 5.78 Å². The summed E-state index contributed by atoms with van der Waals surface area (Å²) in [6, 6.07) is 5.12. The van der Waals surface area contributed by atoms with Crippen LogP contribution in [0.25, 0.3) is 0 Å². The van der Waals surface area contributed by atoms with E-state index in [9.17, 15) is 13.2 Å². The van der Waals surface area contributed by atoms with Gasteiger partial charge in [0.05, 0.1) is 10.6 Å². The SMILES string of the molecule is CC(=O)CC1CS(=O)(=O)c2ccc(Br)cc21. The Balaban J connectivity index is 2.52. The first-order chi connectivity index (χ1) is 7.40. The number of benzene rings is 1. The minimum atomic E-state index is -3.19. The van der Waals surface area contributed by atoms with Crippen LogP contribution in [0.5, 0.6) is 0 Å². The van der Waals surface area contributed by atoms with Gasteiger partial charge in [0.25, 0.3) is 0 Å². The molecule has 0 aliphatic carbocycles. The molecule has 5 heteroatoms. The van der Waals surface area contributed by atoms with Gasteiger partial charge in [-0.15, -0.1) is 0 Å². The monoisotopic (exact) mass is 302 g/mol. The highest BCUT2D eigenvalue weighted by Crippen LogP contribution is 2.38. The number of carbonyl (C=O) groups excluding carboxylic acids is 1. The number of fused-ring (bicyclic) bond motifs is 1. The highest BCUT2D eigenvalue weighted by molar-refractivity contribution is 9.10. The van der Waals surface area contributed by atoms with Crippen LogP contribution in [0.2, 0.25) is 0 Å². The van der Waals surface area contributed by atoms with Gasteiger partial charge in [-0.25, -0.2) is 8.42 Å². The minimum Gasteiger partial charge on any atom is -0.300 e. The first-order valence-electron chi connectivity index (χ1n) is 4.92. The molecule has 1 unspecified atom stereocenters. The first-order valence-corrected chi connectivity index (χ1v) is 7.36. The Bertz CT molecular complexity index is 548. The van der Waals surface area contributed by atoms with Crippen molar-refractivity contribution >= 4 is 31.6 Å². The molecule has 86 valence electrons. The quantitative estimate of drug-likeness (QED) is 0.842. The van der Waals surface area contributed by atoms with Crippen molar-refractivity contribution in [2.75, 3.05) is 5.75 Å². The molecular weight excluding hydrogens is 292 g/mol. The second kappa shape index (κ2) is 3.96. The molecule has 1 aromatic carbocycles. The number of ketones is 1. The Labute approximate surface area is 103 Å². The first kappa shape index (κ1) is 11.8. The Hall–Kier alpha value is -0.680. The van der Waals surface area contributed by atoms with Crippen LogP contribution >= 0.6 is 15.9 Å². The lowest BCUT2D eigenvalue weighted by Crippen LogP contribution is -2.07. The Morgan fingerprint density at radius 2 is 2.19 bits per heavy atom. The van der Waals surface area contributed by atoms with Crippen LogP contribution in [0.3, 0.4) is 0 Å². The normalized spacial score (nSPS) is 21.8. The van der Waals surface area contributed by atoms with Gasteiger partial charge >= 0.3 is 0 Å². The predicted molar refractivity (Wildman–Crippen MR) is 64.2 cm³/mol. The third kappa shape index (κ3) is 2.06. The third-order valence-corrected chi connectivity index (χ3v) is 5.08. The molecule has 0 bridgehead atoms. The average Bonchev–Trinajstić information content (AvgIpc) is 2.37. The fourth-order valence-electron chi connectivity index (χ4n) is 2.08. The molecule has 16 heavy (non-hydrogen) atoms. The van der Waals surface area contributed by atoms with Crippen LogP contribution in [-0.4, -0.2) is 20.0 Å². The fraction of sp³-hybridized carbons (Fsp3) is 0.364. The highest BCUT2D eigenvalue weighted by Gasteiger charge is 2.35. The summed E-state index contributed by atoms with van der Waals surface area (Å²) in [5, 5.41) is 0. The summed E-state index contributed by atoms with van der Waals surface area (Å²) < 4.78 is 24.5. The molecule has 2 rings (SSSR count). The molecule has 0 saturated carbocycles. The van der Waals surface area contributed by atoms with Gasteiger partial charge in [-0.05, 0) is 30.7 Å². The van der Waals surface area contributed by atoms with Crippen LogP contribution in [-0.2, 0) is 14.6 Å². The molecule has 0 N–H and O–H groups in total. The maximum atomic E-state index is 11.8. The molecule has 0 aromatic heterocycles. The van der Waals surface area contributed by atoms with Crippen molar-refractivity contribution in [3.05, 3.63) is 28.2 Å². The van der Waals surface area contributed by atoms with Crippen LogP contribution in [0.4, 0.5) is 0 Å². The summed E-state index contributed by atoms with van der Waals surface area (Å²) in [4.78, 5) is 11.5. The second-order valence-corrected chi connectivity index (χ2v) is 6.98. The van der Waals surface area contributed by atoms with E-state index in [2.05, 4.69) is 15.9 Å². The van der Waals surface area contributed by atoms with Crippen LogP contribution in [0.1, 0.15) is 24.8 Å². The molecule has 1 aliphatic rings. The molecule has 1 heterocycles. The number of sulfone groups is 1. The number of hydrogen-bond donors (Lipinski definition) is 0. The van der Waals surface area contributed by atoms with Crippen molar-refractivity contribution in [3.8, 4) is 0 Å². The summed E-state index contributed by atoms with van der Waals surface area (Å²) in [6.45, 7) is 1.49. The van der Waals surface area contributed by atoms with E-state index in [1.54, 1.807) is 18.2 Å². The predicted octanol–water partition coefficient (Wildman–Crippen LogP) is 2.30. The van der Waals surface area contributed by atoms with Gasteiger partial charge in [-0.3, -0.25) is 0 Å². The minimum absolute atomic E-state index is 0.0213. The lowest BCUT2D eigenvalue weighted by Gasteiger charge is -2.07. The van der Waals surface area contributed by atoms with Gasteiger partial charge in [0.2, 0.25) is 0 Å². The number of hydrogen-bond acceptors (Lipinski definition) is 3. The van der Waals surface area contributed by atoms with Crippen molar-refractivity contribution in [1.82, 2.24) is 0 Å². The highest BCUT2D eigenvalue weighted by atomic mass is 79.9. The Kier molecular flexibility index (Phi) is 2.92. The smallest absolute Gasteiger partial charge is 0.179 e. The lowest BCUT2D eigenvalue weighted by molar-refractivity contribution is -0.117. The third-order valence-electron chi connectivity index (χ3n) is 2.70. The van der Waals surface area contributed by atoms with E-state index < -0.39 is 9.84 Å². The molecule has 0 fully saturated rings. The van der Waals surface area contributed by atoms with Crippen LogP contribution in [0.15, 0.2) is 27.6 Å². The summed E-state index contributed by atoms with van der Waals surface area (Å²) in [7, 11) is -3.19. The Morgan fingerprint density at radius 3 is 2.81 bits per heavy atom. The van der Waals surface area contributed by atoms with Crippen molar-refractivity contribution in [3.63, 3.8) is 0 Å². The maximum Gasteiger partial charge on any atom is 0.179 e. The topological polar surface area (TPSA) is 51.2 Å². The molecule has 1 aromatic rings. The van der Waals surface area contributed by atoms with Crippen molar-refractivity contribution in [2.24, 2.45) is 0 Å². The standard InChI is InChI=1S/C11H11BrO3S/c1-7(13)4-8-6-16(14,15)11-3-2-9(12)5-10(8)11/h2-3,5,8H,4,6H2,1H3. The fourth-order valence-corrected chi connectivity index (χ4v) is 4.33. The molecule has 3 nitrogen and oxygen atoms in total. The van der Waals surface area contributed by atoms with Gasteiger partial charge in [0.15, 0.2) is 9.84 Å². The van der Waals surface area contributed by atoms with E-state index in [-0.39, 0.29) is 17.5 Å². The largest absolute Gasteiger partial charge is 0.300 e. The molecule has 1 aliphatic heterocycles. The number of halogens is 1. The molecule has 0 saturated heterocycles. The van der Waals surface area contributed by atoms with Crippen LogP contribution < -0.4 is 0 Å². The molecular formula is C11H11BrO3S. The van der Waals surface area contributed by atoms with E-state index in [1.165, 1.54) is 6.92 Å². The van der Waals surface area contributed by atoms with E-state index >= 15 is 0 Å². The lowest BCUT2D eigenvalue weighted by atomic mass is 9.96. The zero-order chi connectivity index (χ0) is 11.9. The van der Waals surface area contributed by atoms with Gasteiger partial charge in [-0.1, -0.05) is 15.9 Å².